The minimum Gasteiger partial charge on any atom is -0.303 e. The van der Waals surface area contributed by atoms with Crippen LogP contribution >= 0.6 is 0 Å². The smallest absolute Gasteiger partial charge is 0.00895 e. The lowest BCUT2D eigenvalue weighted by molar-refractivity contribution is 0.181. The van der Waals surface area contributed by atoms with Crippen LogP contribution in [-0.4, -0.2) is 24.5 Å². The van der Waals surface area contributed by atoms with Gasteiger partial charge in [-0.15, -0.1) is 0 Å². The van der Waals surface area contributed by atoms with Crippen molar-refractivity contribution in [2.45, 2.75) is 38.6 Å². The molecule has 1 heteroatoms. The highest BCUT2D eigenvalue weighted by atomic mass is 15.1. The zero-order valence-electron chi connectivity index (χ0n) is 6.56. The van der Waals surface area contributed by atoms with Crippen molar-refractivity contribution in [3.63, 3.8) is 0 Å². The molecule has 1 atom stereocenters. The predicted molar refractivity (Wildman–Crippen MR) is 40.6 cm³/mol. The van der Waals surface area contributed by atoms with Gasteiger partial charge in [0, 0.05) is 6.04 Å². The summed E-state index contributed by atoms with van der Waals surface area (Å²) in [5.41, 5.74) is 0. The Balaban J connectivity index is 2.30. The summed E-state index contributed by atoms with van der Waals surface area (Å²) in [6, 6.07) is 0.888. The maximum atomic E-state index is 2.49. The molecular formula is C8H17N. The fourth-order valence-corrected chi connectivity index (χ4v) is 1.66. The maximum Gasteiger partial charge on any atom is 0.00895 e. The van der Waals surface area contributed by atoms with Crippen LogP contribution in [-0.2, 0) is 0 Å². The van der Waals surface area contributed by atoms with E-state index in [0.29, 0.717) is 0 Å². The second-order valence-electron chi connectivity index (χ2n) is 3.04. The van der Waals surface area contributed by atoms with Crippen LogP contribution in [0.1, 0.15) is 32.6 Å². The molecule has 1 rings (SSSR count). The molecular weight excluding hydrogens is 110 g/mol. The van der Waals surface area contributed by atoms with E-state index in [1.54, 1.807) is 0 Å². The van der Waals surface area contributed by atoms with Crippen LogP contribution in [0.25, 0.3) is 0 Å². The van der Waals surface area contributed by atoms with Crippen molar-refractivity contribution < 1.29 is 0 Å². The van der Waals surface area contributed by atoms with Crippen molar-refractivity contribution in [1.29, 1.82) is 0 Å². The number of rotatable bonds is 1. The van der Waals surface area contributed by atoms with Gasteiger partial charge in [0.25, 0.3) is 0 Å². The van der Waals surface area contributed by atoms with Crippen LogP contribution in [0, 0.1) is 0 Å². The van der Waals surface area contributed by atoms with E-state index in [4.69, 9.17) is 0 Å². The molecule has 0 spiro atoms. The Morgan fingerprint density at radius 1 is 1.44 bits per heavy atom. The summed E-state index contributed by atoms with van der Waals surface area (Å²) < 4.78 is 0. The van der Waals surface area contributed by atoms with E-state index < -0.39 is 0 Å². The molecule has 0 aromatic rings. The molecule has 0 unspecified atom stereocenters. The van der Waals surface area contributed by atoms with Gasteiger partial charge < -0.3 is 4.90 Å². The monoisotopic (exact) mass is 127 g/mol. The molecule has 1 nitrogen and oxygen atoms in total. The van der Waals surface area contributed by atoms with Crippen molar-refractivity contribution in [2.75, 3.05) is 13.6 Å². The van der Waals surface area contributed by atoms with E-state index in [9.17, 15) is 0 Å². The van der Waals surface area contributed by atoms with Gasteiger partial charge >= 0.3 is 0 Å². The minimum absolute atomic E-state index is 0.888. The quantitative estimate of drug-likeness (QED) is 0.520. The summed E-state index contributed by atoms with van der Waals surface area (Å²) in [5.74, 6) is 0. The molecule has 0 N–H and O–H groups in total. The largest absolute Gasteiger partial charge is 0.303 e. The van der Waals surface area contributed by atoms with Gasteiger partial charge in [0.2, 0.25) is 0 Å². The zero-order chi connectivity index (χ0) is 6.69. The van der Waals surface area contributed by atoms with Crippen molar-refractivity contribution in [2.24, 2.45) is 0 Å². The third-order valence-corrected chi connectivity index (χ3v) is 2.39. The molecule has 0 radical (unpaired) electrons. The maximum absolute atomic E-state index is 2.49. The first kappa shape index (κ1) is 7.07. The molecule has 0 aliphatic carbocycles. The van der Waals surface area contributed by atoms with E-state index in [-0.39, 0.29) is 0 Å². The van der Waals surface area contributed by atoms with Gasteiger partial charge in [-0.3, -0.25) is 0 Å². The van der Waals surface area contributed by atoms with Crippen molar-refractivity contribution in [3.05, 3.63) is 0 Å². The Labute approximate surface area is 58.0 Å². The van der Waals surface area contributed by atoms with Gasteiger partial charge in [-0.2, -0.15) is 0 Å². The summed E-state index contributed by atoms with van der Waals surface area (Å²) >= 11 is 0. The fraction of sp³-hybridized carbons (Fsp3) is 1.00. The Morgan fingerprint density at radius 2 is 2.22 bits per heavy atom. The summed E-state index contributed by atoms with van der Waals surface area (Å²) in [6.45, 7) is 3.60. The summed E-state index contributed by atoms with van der Waals surface area (Å²) in [7, 11) is 2.24. The van der Waals surface area contributed by atoms with Crippen molar-refractivity contribution in [3.8, 4) is 0 Å². The van der Waals surface area contributed by atoms with Crippen molar-refractivity contribution >= 4 is 0 Å². The molecule has 0 bridgehead atoms. The van der Waals surface area contributed by atoms with Gasteiger partial charge in [0.05, 0.1) is 0 Å². The average molecular weight is 127 g/mol. The molecule has 0 aromatic carbocycles. The number of likely N-dealkylation sites (tertiary alicyclic amines) is 1. The second kappa shape index (κ2) is 3.21. The molecule has 1 aliphatic heterocycles. The first-order valence-electron chi connectivity index (χ1n) is 4.05. The lowest BCUT2D eigenvalue weighted by Crippen LogP contribution is -2.35. The van der Waals surface area contributed by atoms with E-state index in [1.165, 1.54) is 32.2 Å². The van der Waals surface area contributed by atoms with Gasteiger partial charge in [-0.05, 0) is 32.9 Å². The molecule has 1 heterocycles. The number of piperidine rings is 1. The normalized spacial score (nSPS) is 30.7. The zero-order valence-corrected chi connectivity index (χ0v) is 6.56. The van der Waals surface area contributed by atoms with Crippen molar-refractivity contribution in [1.82, 2.24) is 4.90 Å². The predicted octanol–water partition coefficient (Wildman–Crippen LogP) is 1.88. The highest BCUT2D eigenvalue weighted by molar-refractivity contribution is 4.71. The minimum atomic E-state index is 0.888. The van der Waals surface area contributed by atoms with Crippen LogP contribution < -0.4 is 0 Å². The molecule has 1 aliphatic rings. The Bertz CT molecular complexity index is 80.6. The number of nitrogens with zero attached hydrogens (tertiary/aromatic N) is 1. The third kappa shape index (κ3) is 1.68. The molecule has 0 aromatic heterocycles. The third-order valence-electron chi connectivity index (χ3n) is 2.39. The molecule has 54 valence electrons. The van der Waals surface area contributed by atoms with Crippen LogP contribution in [0.15, 0.2) is 0 Å². The number of hydrogen-bond acceptors (Lipinski definition) is 1. The van der Waals surface area contributed by atoms with Gasteiger partial charge in [0.1, 0.15) is 0 Å². The van der Waals surface area contributed by atoms with E-state index in [0.717, 1.165) is 6.04 Å². The molecule has 0 saturated carbocycles. The molecule has 0 amide bonds. The van der Waals surface area contributed by atoms with Crippen LogP contribution in [0.4, 0.5) is 0 Å². The van der Waals surface area contributed by atoms with Gasteiger partial charge in [-0.25, -0.2) is 0 Å². The highest BCUT2D eigenvalue weighted by Crippen LogP contribution is 2.16. The van der Waals surface area contributed by atoms with Crippen LogP contribution in [0.3, 0.4) is 0 Å². The van der Waals surface area contributed by atoms with E-state index in [2.05, 4.69) is 18.9 Å². The molecule has 9 heavy (non-hydrogen) atoms. The Morgan fingerprint density at radius 3 is 2.67 bits per heavy atom. The van der Waals surface area contributed by atoms with Crippen LogP contribution in [0.2, 0.25) is 0 Å². The second-order valence-corrected chi connectivity index (χ2v) is 3.04. The summed E-state index contributed by atoms with van der Waals surface area (Å²) in [6.07, 6.45) is 5.61. The van der Waals surface area contributed by atoms with E-state index >= 15 is 0 Å². The van der Waals surface area contributed by atoms with E-state index in [1.807, 2.05) is 0 Å². The topological polar surface area (TPSA) is 3.24 Å². The average Bonchev–Trinajstić information content (AvgIpc) is 1.89. The summed E-state index contributed by atoms with van der Waals surface area (Å²) in [4.78, 5) is 2.49. The Hall–Kier alpha value is -0.0400. The first-order chi connectivity index (χ1) is 4.34. The lowest BCUT2D eigenvalue weighted by Gasteiger charge is -2.31. The molecule has 1 fully saturated rings. The highest BCUT2D eigenvalue weighted by Gasteiger charge is 2.15. The fourth-order valence-electron chi connectivity index (χ4n) is 1.66. The lowest BCUT2D eigenvalue weighted by atomic mass is 10.0. The standard InChI is InChI=1S/C8H17N/c1-3-8-6-4-5-7-9(8)2/h8H,3-7H2,1-2H3/t8-/m0/s1. The van der Waals surface area contributed by atoms with Crippen LogP contribution in [0.5, 0.6) is 0 Å². The van der Waals surface area contributed by atoms with Gasteiger partial charge in [0.15, 0.2) is 0 Å². The summed E-state index contributed by atoms with van der Waals surface area (Å²) in [5, 5.41) is 0. The molecule has 1 saturated heterocycles. The first-order valence-corrected chi connectivity index (χ1v) is 4.05. The van der Waals surface area contributed by atoms with Gasteiger partial charge in [-0.1, -0.05) is 13.3 Å². The SMILES string of the molecule is CC[C@H]1CCCCN1C. The Kier molecular flexibility index (Phi) is 2.52. The number of hydrogen-bond donors (Lipinski definition) is 0.